The zero-order chi connectivity index (χ0) is 17.7. The highest BCUT2D eigenvalue weighted by Crippen LogP contribution is 2.33. The summed E-state index contributed by atoms with van der Waals surface area (Å²) in [6.45, 7) is 1.60. The first-order chi connectivity index (χ1) is 12.6. The van der Waals surface area contributed by atoms with Gasteiger partial charge < -0.3 is 9.73 Å². The van der Waals surface area contributed by atoms with Crippen LogP contribution in [0.1, 0.15) is 11.3 Å². The topological polar surface area (TPSA) is 59.3 Å². The second kappa shape index (κ2) is 5.69. The Morgan fingerprint density at radius 1 is 0.923 bits per heavy atom. The van der Waals surface area contributed by atoms with E-state index in [0.717, 1.165) is 34.9 Å². The Hall–Kier alpha value is -2.63. The van der Waals surface area contributed by atoms with E-state index in [2.05, 4.69) is 5.32 Å². The molecule has 1 N–H and O–H groups in total. The van der Waals surface area contributed by atoms with Crippen LogP contribution >= 0.6 is 0 Å². The van der Waals surface area contributed by atoms with Gasteiger partial charge in [0.05, 0.1) is 16.3 Å². The number of sulfone groups is 1. The molecule has 2 heterocycles. The van der Waals surface area contributed by atoms with E-state index in [1.807, 2.05) is 36.4 Å². The minimum atomic E-state index is -3.63. The molecule has 0 atom stereocenters. The Bertz CT molecular complexity index is 1250. The second-order valence-corrected chi connectivity index (χ2v) is 8.49. The molecule has 5 rings (SSSR count). The first-order valence-corrected chi connectivity index (χ1v) is 10.1. The molecule has 0 saturated heterocycles. The molecular formula is C21H17NO3S. The highest BCUT2D eigenvalue weighted by Gasteiger charge is 2.23. The van der Waals surface area contributed by atoms with Crippen LogP contribution in [-0.4, -0.2) is 15.0 Å². The number of benzene rings is 3. The molecule has 0 spiro atoms. The van der Waals surface area contributed by atoms with E-state index in [1.165, 1.54) is 5.56 Å². The van der Waals surface area contributed by atoms with Gasteiger partial charge >= 0.3 is 0 Å². The third-order valence-corrected chi connectivity index (χ3v) is 6.84. The number of furan rings is 1. The summed E-state index contributed by atoms with van der Waals surface area (Å²) >= 11 is 0. The standard InChI is InChI=1S/C21H17NO3S/c23-26(24,21-7-3-5-14-4-1-2-6-16(14)21)15-8-9-17-18-10-11-22-13-20(18)25-19(17)12-15/h1-9,12,22H,10-11,13H2. The lowest BCUT2D eigenvalue weighted by molar-refractivity contribution is 0.487. The number of hydrogen-bond acceptors (Lipinski definition) is 4. The first kappa shape index (κ1) is 15.6. The van der Waals surface area contributed by atoms with E-state index in [-0.39, 0.29) is 4.90 Å². The van der Waals surface area contributed by atoms with Crippen molar-refractivity contribution < 1.29 is 12.8 Å². The molecule has 0 saturated carbocycles. The highest BCUT2D eigenvalue weighted by atomic mass is 32.2. The van der Waals surface area contributed by atoms with Crippen molar-refractivity contribution in [2.75, 3.05) is 6.54 Å². The molecule has 3 aromatic carbocycles. The predicted molar refractivity (Wildman–Crippen MR) is 101 cm³/mol. The summed E-state index contributed by atoms with van der Waals surface area (Å²) in [6, 6.07) is 18.1. The smallest absolute Gasteiger partial charge is 0.207 e. The van der Waals surface area contributed by atoms with Crippen molar-refractivity contribution in [1.82, 2.24) is 5.32 Å². The molecule has 130 valence electrons. The Balaban J connectivity index is 1.70. The maximum atomic E-state index is 13.3. The first-order valence-electron chi connectivity index (χ1n) is 8.62. The van der Waals surface area contributed by atoms with Gasteiger partial charge in [-0.1, -0.05) is 36.4 Å². The van der Waals surface area contributed by atoms with Crippen molar-refractivity contribution in [3.8, 4) is 0 Å². The Morgan fingerprint density at radius 3 is 2.69 bits per heavy atom. The molecule has 4 nitrogen and oxygen atoms in total. The van der Waals surface area contributed by atoms with Gasteiger partial charge in [0.2, 0.25) is 9.84 Å². The lowest BCUT2D eigenvalue weighted by atomic mass is 10.1. The van der Waals surface area contributed by atoms with Crippen molar-refractivity contribution >= 4 is 31.6 Å². The Kier molecular flexibility index (Phi) is 3.42. The fourth-order valence-electron chi connectivity index (χ4n) is 3.74. The van der Waals surface area contributed by atoms with Gasteiger partial charge in [-0.3, -0.25) is 0 Å². The van der Waals surface area contributed by atoms with Crippen LogP contribution in [-0.2, 0) is 22.8 Å². The summed E-state index contributed by atoms with van der Waals surface area (Å²) in [4.78, 5) is 0.591. The highest BCUT2D eigenvalue weighted by molar-refractivity contribution is 7.91. The largest absolute Gasteiger partial charge is 0.459 e. The van der Waals surface area contributed by atoms with Crippen LogP contribution in [0.15, 0.2) is 74.9 Å². The summed E-state index contributed by atoms with van der Waals surface area (Å²) < 4.78 is 32.5. The van der Waals surface area contributed by atoms with Crippen LogP contribution in [0.3, 0.4) is 0 Å². The van der Waals surface area contributed by atoms with Gasteiger partial charge in [-0.25, -0.2) is 8.42 Å². The van der Waals surface area contributed by atoms with Gasteiger partial charge in [-0.2, -0.15) is 0 Å². The molecule has 1 aliphatic heterocycles. The minimum Gasteiger partial charge on any atom is -0.459 e. The predicted octanol–water partition coefficient (Wildman–Crippen LogP) is 4.06. The van der Waals surface area contributed by atoms with Crippen LogP contribution in [0.2, 0.25) is 0 Å². The van der Waals surface area contributed by atoms with E-state index in [0.29, 0.717) is 17.0 Å². The molecule has 26 heavy (non-hydrogen) atoms. The maximum absolute atomic E-state index is 13.3. The molecule has 0 amide bonds. The van der Waals surface area contributed by atoms with E-state index in [4.69, 9.17) is 4.42 Å². The van der Waals surface area contributed by atoms with Gasteiger partial charge in [0.1, 0.15) is 11.3 Å². The summed E-state index contributed by atoms with van der Waals surface area (Å²) in [5, 5.41) is 5.94. The number of rotatable bonds is 2. The number of nitrogens with one attached hydrogen (secondary N) is 1. The van der Waals surface area contributed by atoms with Crippen LogP contribution in [0.4, 0.5) is 0 Å². The lowest BCUT2D eigenvalue weighted by Crippen LogP contribution is -2.22. The molecule has 0 radical (unpaired) electrons. The van der Waals surface area contributed by atoms with Gasteiger partial charge in [-0.15, -0.1) is 0 Å². The molecule has 0 unspecified atom stereocenters. The fourth-order valence-corrected chi connectivity index (χ4v) is 5.23. The van der Waals surface area contributed by atoms with Crippen molar-refractivity contribution in [3.63, 3.8) is 0 Å². The SMILES string of the molecule is O=S(=O)(c1ccc2c3c(oc2c1)CNCC3)c1cccc2ccccc12. The number of fused-ring (bicyclic) bond motifs is 4. The van der Waals surface area contributed by atoms with E-state index in [9.17, 15) is 8.42 Å². The van der Waals surface area contributed by atoms with Crippen LogP contribution in [0.5, 0.6) is 0 Å². The molecule has 0 aliphatic carbocycles. The van der Waals surface area contributed by atoms with Crippen LogP contribution < -0.4 is 5.32 Å². The maximum Gasteiger partial charge on any atom is 0.207 e. The van der Waals surface area contributed by atoms with E-state index >= 15 is 0 Å². The van der Waals surface area contributed by atoms with E-state index < -0.39 is 9.84 Å². The van der Waals surface area contributed by atoms with Crippen LogP contribution in [0, 0.1) is 0 Å². The zero-order valence-electron chi connectivity index (χ0n) is 14.0. The molecule has 1 aromatic heterocycles. The minimum absolute atomic E-state index is 0.264. The van der Waals surface area contributed by atoms with Crippen LogP contribution in [0.25, 0.3) is 21.7 Å². The Labute approximate surface area is 151 Å². The summed E-state index contributed by atoms with van der Waals surface area (Å²) in [6.07, 6.45) is 0.901. The van der Waals surface area contributed by atoms with Crippen molar-refractivity contribution in [1.29, 1.82) is 0 Å². The average molecular weight is 363 g/mol. The summed E-state index contributed by atoms with van der Waals surface area (Å²) in [5.41, 5.74) is 1.83. The van der Waals surface area contributed by atoms with Gasteiger partial charge in [-0.05, 0) is 36.6 Å². The van der Waals surface area contributed by atoms with Crippen molar-refractivity contribution in [2.45, 2.75) is 22.8 Å². The lowest BCUT2D eigenvalue weighted by Gasteiger charge is -2.10. The summed E-state index contributed by atoms with van der Waals surface area (Å²) in [7, 11) is -3.63. The van der Waals surface area contributed by atoms with Gasteiger partial charge in [0.25, 0.3) is 0 Å². The third-order valence-electron chi connectivity index (χ3n) is 5.03. The van der Waals surface area contributed by atoms with E-state index in [1.54, 1.807) is 24.3 Å². The molecule has 4 aromatic rings. The normalized spacial score (nSPS) is 14.6. The fraction of sp³-hybridized carbons (Fsp3) is 0.143. The molecule has 0 fully saturated rings. The molecular weight excluding hydrogens is 346 g/mol. The quantitative estimate of drug-likeness (QED) is 0.583. The monoisotopic (exact) mass is 363 g/mol. The van der Waals surface area contributed by atoms with Crippen molar-refractivity contribution in [3.05, 3.63) is 72.0 Å². The van der Waals surface area contributed by atoms with Gasteiger partial charge in [0, 0.05) is 22.4 Å². The molecule has 5 heteroatoms. The Morgan fingerprint density at radius 2 is 1.77 bits per heavy atom. The van der Waals surface area contributed by atoms with Crippen molar-refractivity contribution in [2.24, 2.45) is 0 Å². The molecule has 1 aliphatic rings. The third kappa shape index (κ3) is 2.28. The number of hydrogen-bond donors (Lipinski definition) is 1. The summed E-state index contributed by atoms with van der Waals surface area (Å²) in [5.74, 6) is 0.908. The van der Waals surface area contributed by atoms with Gasteiger partial charge in [0.15, 0.2) is 0 Å². The molecule has 0 bridgehead atoms. The second-order valence-electron chi connectivity index (χ2n) is 6.57. The zero-order valence-corrected chi connectivity index (χ0v) is 14.8. The average Bonchev–Trinajstić information content (AvgIpc) is 3.05.